The summed E-state index contributed by atoms with van der Waals surface area (Å²) in [6.45, 7) is 7.58. The Labute approximate surface area is 115 Å². The zero-order valence-corrected chi connectivity index (χ0v) is 12.3. The lowest BCUT2D eigenvalue weighted by Gasteiger charge is -2.36. The Bertz CT molecular complexity index is 430. The van der Waals surface area contributed by atoms with E-state index in [-0.39, 0.29) is 4.59 Å². The predicted octanol–water partition coefficient (Wildman–Crippen LogP) is 0.851. The Morgan fingerprint density at radius 2 is 1.79 bits per heavy atom. The van der Waals surface area contributed by atoms with Crippen LogP contribution in [-0.4, -0.2) is 51.7 Å². The Balaban J connectivity index is 2.22. The van der Waals surface area contributed by atoms with Gasteiger partial charge < -0.3 is 15.5 Å². The standard InChI is InChI=1S/C14H26N5/c1-4-17-8-10-18(11-9-17)12-6-5-7-13(14(12)15)19(2,3)16/h5-7H,4,8-11,15-16H2,1-3H3/q+1. The fourth-order valence-electron chi connectivity index (χ4n) is 2.62. The van der Waals surface area contributed by atoms with Crippen molar-refractivity contribution in [3.63, 3.8) is 0 Å². The summed E-state index contributed by atoms with van der Waals surface area (Å²) in [6, 6.07) is 6.14. The van der Waals surface area contributed by atoms with Crippen molar-refractivity contribution in [2.24, 2.45) is 5.84 Å². The van der Waals surface area contributed by atoms with Gasteiger partial charge in [-0.2, -0.15) is 5.84 Å². The van der Waals surface area contributed by atoms with Crippen LogP contribution in [0.5, 0.6) is 0 Å². The summed E-state index contributed by atoms with van der Waals surface area (Å²) >= 11 is 0. The average Bonchev–Trinajstić information content (AvgIpc) is 2.38. The molecule has 2 rings (SSSR count). The monoisotopic (exact) mass is 264 g/mol. The van der Waals surface area contributed by atoms with Gasteiger partial charge in [-0.05, 0) is 12.6 Å². The Kier molecular flexibility index (Phi) is 3.99. The molecule has 0 bridgehead atoms. The lowest BCUT2D eigenvalue weighted by molar-refractivity contribution is 0.271. The molecule has 0 spiro atoms. The molecule has 4 N–H and O–H groups in total. The molecular weight excluding hydrogens is 238 g/mol. The first-order valence-corrected chi connectivity index (χ1v) is 6.92. The van der Waals surface area contributed by atoms with Gasteiger partial charge in [0.05, 0.1) is 19.8 Å². The van der Waals surface area contributed by atoms with Crippen molar-refractivity contribution in [3.8, 4) is 0 Å². The highest BCUT2D eigenvalue weighted by Crippen LogP contribution is 2.33. The summed E-state index contributed by atoms with van der Waals surface area (Å²) in [4.78, 5) is 4.82. The third-order valence-electron chi connectivity index (χ3n) is 3.84. The Morgan fingerprint density at radius 3 is 2.32 bits per heavy atom. The number of nitrogen functional groups attached to an aromatic ring is 1. The number of hydrogen-bond acceptors (Lipinski definition) is 4. The lowest BCUT2D eigenvalue weighted by atomic mass is 10.1. The van der Waals surface area contributed by atoms with Gasteiger partial charge in [0.25, 0.3) is 0 Å². The quantitative estimate of drug-likeness (QED) is 0.368. The van der Waals surface area contributed by atoms with E-state index in [0.29, 0.717) is 0 Å². The van der Waals surface area contributed by atoms with Gasteiger partial charge >= 0.3 is 0 Å². The second-order valence-electron chi connectivity index (χ2n) is 5.67. The van der Waals surface area contributed by atoms with Crippen LogP contribution in [0.25, 0.3) is 0 Å². The van der Waals surface area contributed by atoms with Gasteiger partial charge in [0, 0.05) is 32.2 Å². The number of likely N-dealkylation sites (N-methyl/N-ethyl adjacent to an activating group) is 1. The number of nitrogens with zero attached hydrogens (tertiary/aromatic N) is 3. The minimum atomic E-state index is 0.259. The van der Waals surface area contributed by atoms with Crippen molar-refractivity contribution in [1.82, 2.24) is 9.49 Å². The Morgan fingerprint density at radius 1 is 1.16 bits per heavy atom. The first kappa shape index (κ1) is 14.1. The number of benzene rings is 1. The minimum Gasteiger partial charge on any atom is -0.392 e. The van der Waals surface area contributed by atoms with Gasteiger partial charge in [-0.1, -0.05) is 13.0 Å². The van der Waals surface area contributed by atoms with E-state index >= 15 is 0 Å². The number of nitrogens with two attached hydrogens (primary N) is 2. The normalized spacial score (nSPS) is 17.8. The molecule has 0 amide bonds. The van der Waals surface area contributed by atoms with Crippen LogP contribution in [0.3, 0.4) is 0 Å². The molecule has 5 nitrogen and oxygen atoms in total. The van der Waals surface area contributed by atoms with Gasteiger partial charge in [0.1, 0.15) is 5.69 Å². The fraction of sp³-hybridized carbons (Fsp3) is 0.571. The minimum absolute atomic E-state index is 0.259. The van der Waals surface area contributed by atoms with Crippen molar-refractivity contribution < 1.29 is 0 Å². The van der Waals surface area contributed by atoms with Crippen molar-refractivity contribution in [1.29, 1.82) is 0 Å². The maximum atomic E-state index is 6.32. The van der Waals surface area contributed by atoms with Crippen LogP contribution in [0.15, 0.2) is 18.2 Å². The van der Waals surface area contributed by atoms with Crippen molar-refractivity contribution in [2.45, 2.75) is 6.92 Å². The summed E-state index contributed by atoms with van der Waals surface area (Å²) in [5, 5.41) is 0. The first-order chi connectivity index (χ1) is 8.93. The Hall–Kier alpha value is -1.30. The van der Waals surface area contributed by atoms with E-state index in [9.17, 15) is 0 Å². The maximum absolute atomic E-state index is 6.32. The van der Waals surface area contributed by atoms with Crippen molar-refractivity contribution in [3.05, 3.63) is 18.2 Å². The topological polar surface area (TPSA) is 58.5 Å². The third-order valence-corrected chi connectivity index (χ3v) is 3.84. The molecule has 0 aromatic heterocycles. The zero-order valence-electron chi connectivity index (χ0n) is 12.3. The summed E-state index contributed by atoms with van der Waals surface area (Å²) in [5.74, 6) is 6.13. The molecule has 5 heteroatoms. The highest BCUT2D eigenvalue weighted by atomic mass is 15.5. The van der Waals surface area contributed by atoms with Crippen LogP contribution in [-0.2, 0) is 0 Å². The maximum Gasteiger partial charge on any atom is 0.176 e. The second-order valence-corrected chi connectivity index (χ2v) is 5.67. The van der Waals surface area contributed by atoms with Crippen LogP contribution in [0.2, 0.25) is 0 Å². The van der Waals surface area contributed by atoms with Crippen LogP contribution in [0, 0.1) is 0 Å². The lowest BCUT2D eigenvalue weighted by Crippen LogP contribution is -2.49. The van der Waals surface area contributed by atoms with E-state index in [1.165, 1.54) is 0 Å². The van der Waals surface area contributed by atoms with E-state index < -0.39 is 0 Å². The molecule has 0 radical (unpaired) electrons. The number of quaternary nitrogens is 1. The summed E-state index contributed by atoms with van der Waals surface area (Å²) < 4.78 is 0.259. The number of rotatable bonds is 3. The average molecular weight is 264 g/mol. The second kappa shape index (κ2) is 5.36. The molecule has 1 saturated heterocycles. The fourth-order valence-corrected chi connectivity index (χ4v) is 2.62. The largest absolute Gasteiger partial charge is 0.392 e. The summed E-state index contributed by atoms with van der Waals surface area (Å²) in [7, 11) is 3.87. The molecule has 1 aromatic rings. The van der Waals surface area contributed by atoms with Gasteiger partial charge in [-0.3, -0.25) is 0 Å². The molecule has 1 fully saturated rings. The van der Waals surface area contributed by atoms with Gasteiger partial charge in [0.2, 0.25) is 0 Å². The first-order valence-electron chi connectivity index (χ1n) is 6.92. The van der Waals surface area contributed by atoms with Gasteiger partial charge in [-0.25, -0.2) is 4.59 Å². The molecule has 19 heavy (non-hydrogen) atoms. The molecule has 1 aromatic carbocycles. The zero-order chi connectivity index (χ0) is 14.0. The van der Waals surface area contributed by atoms with Crippen LogP contribution in [0.1, 0.15) is 6.92 Å². The van der Waals surface area contributed by atoms with E-state index in [4.69, 9.17) is 11.6 Å². The smallest absolute Gasteiger partial charge is 0.176 e. The van der Waals surface area contributed by atoms with Gasteiger partial charge in [-0.15, -0.1) is 0 Å². The van der Waals surface area contributed by atoms with E-state index in [2.05, 4.69) is 22.8 Å². The van der Waals surface area contributed by atoms with E-state index in [1.807, 2.05) is 26.2 Å². The summed E-state index contributed by atoms with van der Waals surface area (Å²) in [6.07, 6.45) is 0. The van der Waals surface area contributed by atoms with E-state index in [0.717, 1.165) is 49.8 Å². The van der Waals surface area contributed by atoms with Crippen LogP contribution < -0.4 is 21.1 Å². The molecule has 106 valence electrons. The highest BCUT2D eigenvalue weighted by molar-refractivity contribution is 5.80. The number of hydrogen-bond donors (Lipinski definition) is 2. The SMILES string of the molecule is CCN1CCN(c2cccc([N+](C)(C)N)c2N)CC1. The molecule has 1 aliphatic rings. The van der Waals surface area contributed by atoms with Gasteiger partial charge in [0.15, 0.2) is 5.69 Å². The highest BCUT2D eigenvalue weighted by Gasteiger charge is 2.23. The number of piperazine rings is 1. The molecule has 0 atom stereocenters. The van der Waals surface area contributed by atoms with Crippen molar-refractivity contribution >= 4 is 17.1 Å². The third kappa shape index (κ3) is 3.00. The molecule has 0 saturated carbocycles. The predicted molar refractivity (Wildman–Crippen MR) is 83.0 cm³/mol. The van der Waals surface area contributed by atoms with Crippen molar-refractivity contribution in [2.75, 3.05) is 57.5 Å². The number of para-hydroxylation sites is 1. The molecular formula is C14H26N5+. The number of anilines is 2. The molecule has 0 unspecified atom stereocenters. The molecule has 1 aliphatic heterocycles. The molecule has 1 heterocycles. The van der Waals surface area contributed by atoms with Crippen LogP contribution in [0.4, 0.5) is 17.1 Å². The summed E-state index contributed by atoms with van der Waals surface area (Å²) in [5.41, 5.74) is 9.21. The van der Waals surface area contributed by atoms with Crippen LogP contribution >= 0.6 is 0 Å². The van der Waals surface area contributed by atoms with E-state index in [1.54, 1.807) is 0 Å². The molecule has 0 aliphatic carbocycles.